The van der Waals surface area contributed by atoms with Crippen molar-refractivity contribution in [2.45, 2.75) is 36.6 Å². The summed E-state index contributed by atoms with van der Waals surface area (Å²) in [5.41, 5.74) is 0.591. The van der Waals surface area contributed by atoms with Gasteiger partial charge in [0.25, 0.3) is 0 Å². The van der Waals surface area contributed by atoms with E-state index in [1.807, 2.05) is 0 Å². The van der Waals surface area contributed by atoms with Crippen LogP contribution in [0.25, 0.3) is 0 Å². The summed E-state index contributed by atoms with van der Waals surface area (Å²) in [7, 11) is -1.77. The molecule has 0 amide bonds. The van der Waals surface area contributed by atoms with E-state index < -0.39 is 10.0 Å². The molecule has 0 aromatic carbocycles. The van der Waals surface area contributed by atoms with Gasteiger partial charge in [-0.15, -0.1) is 0 Å². The largest absolute Gasteiger partial charge is 0.387 e. The molecule has 2 aliphatic rings. The topological polar surface area (TPSA) is 71.1 Å². The third-order valence-electron chi connectivity index (χ3n) is 3.89. The molecule has 104 valence electrons. The highest BCUT2D eigenvalue weighted by Crippen LogP contribution is 2.45. The lowest BCUT2D eigenvalue weighted by Crippen LogP contribution is -2.38. The van der Waals surface area contributed by atoms with Crippen LogP contribution >= 0.6 is 0 Å². The molecule has 19 heavy (non-hydrogen) atoms. The molecule has 2 N–H and O–H groups in total. The molecule has 2 fully saturated rings. The molecular weight excluding hydrogens is 262 g/mol. The summed E-state index contributed by atoms with van der Waals surface area (Å²) in [6, 6.07) is 1.80. The number of nitrogens with zero attached hydrogens (tertiary/aromatic N) is 1. The average Bonchev–Trinajstić information content (AvgIpc) is 3.29. The molecule has 1 heterocycles. The van der Waals surface area contributed by atoms with E-state index in [2.05, 4.69) is 15.0 Å². The number of hydrogen-bond donors (Lipinski definition) is 2. The molecule has 1 aromatic rings. The molecular formula is C13H19N3O2S. The predicted octanol–water partition coefficient (Wildman–Crippen LogP) is 1.59. The number of anilines is 1. The lowest BCUT2D eigenvalue weighted by Gasteiger charge is -2.18. The standard InChI is InChI=1S/C13H19N3O2S/c1-14-11-6-7-15-8-12(11)19(17,18)16-13(9-2-3-9)10-4-5-10/h6-10,13,16H,2-5H2,1H3,(H,14,15). The van der Waals surface area contributed by atoms with Crippen LogP contribution in [0.15, 0.2) is 23.4 Å². The molecule has 0 radical (unpaired) electrons. The molecule has 0 bridgehead atoms. The Balaban J connectivity index is 1.85. The molecule has 0 saturated heterocycles. The van der Waals surface area contributed by atoms with Crippen LogP contribution in [-0.2, 0) is 10.0 Å². The van der Waals surface area contributed by atoms with E-state index in [9.17, 15) is 8.42 Å². The van der Waals surface area contributed by atoms with Gasteiger partial charge < -0.3 is 5.32 Å². The van der Waals surface area contributed by atoms with Gasteiger partial charge in [-0.1, -0.05) is 0 Å². The highest BCUT2D eigenvalue weighted by atomic mass is 32.2. The molecule has 3 rings (SSSR count). The first-order chi connectivity index (χ1) is 9.12. The van der Waals surface area contributed by atoms with Crippen LogP contribution in [0.4, 0.5) is 5.69 Å². The van der Waals surface area contributed by atoms with Gasteiger partial charge in [-0.05, 0) is 43.6 Å². The summed E-state index contributed by atoms with van der Waals surface area (Å²) in [6.07, 6.45) is 7.59. The number of hydrogen-bond acceptors (Lipinski definition) is 4. The Bertz CT molecular complexity index is 553. The van der Waals surface area contributed by atoms with E-state index >= 15 is 0 Å². The molecule has 2 saturated carbocycles. The summed E-state index contributed by atoms with van der Waals surface area (Å²) in [5.74, 6) is 1.08. The summed E-state index contributed by atoms with van der Waals surface area (Å²) in [5, 5.41) is 2.91. The minimum Gasteiger partial charge on any atom is -0.387 e. The van der Waals surface area contributed by atoms with Crippen molar-refractivity contribution >= 4 is 15.7 Å². The van der Waals surface area contributed by atoms with E-state index in [4.69, 9.17) is 0 Å². The van der Waals surface area contributed by atoms with Crippen LogP contribution in [0, 0.1) is 11.8 Å². The first kappa shape index (κ1) is 12.9. The van der Waals surface area contributed by atoms with E-state index in [-0.39, 0.29) is 10.9 Å². The molecule has 0 spiro atoms. The average molecular weight is 281 g/mol. The highest BCUT2D eigenvalue weighted by molar-refractivity contribution is 7.89. The van der Waals surface area contributed by atoms with E-state index in [0.29, 0.717) is 17.5 Å². The normalized spacial score (nSPS) is 19.7. The number of nitrogens with one attached hydrogen (secondary N) is 2. The summed E-state index contributed by atoms with van der Waals surface area (Å²) in [6.45, 7) is 0. The Hall–Kier alpha value is -1.14. The second-order valence-corrected chi connectivity index (χ2v) is 7.13. The smallest absolute Gasteiger partial charge is 0.244 e. The maximum atomic E-state index is 12.5. The number of sulfonamides is 1. The monoisotopic (exact) mass is 281 g/mol. The van der Waals surface area contributed by atoms with Crippen molar-refractivity contribution in [2.24, 2.45) is 11.8 Å². The van der Waals surface area contributed by atoms with Crippen LogP contribution in [0.5, 0.6) is 0 Å². The fourth-order valence-corrected chi connectivity index (χ4v) is 4.06. The van der Waals surface area contributed by atoms with Gasteiger partial charge in [-0.2, -0.15) is 0 Å². The van der Waals surface area contributed by atoms with Crippen molar-refractivity contribution in [3.63, 3.8) is 0 Å². The Morgan fingerprint density at radius 2 is 1.89 bits per heavy atom. The number of rotatable bonds is 6. The zero-order valence-electron chi connectivity index (χ0n) is 11.0. The Kier molecular flexibility index (Phi) is 3.22. The van der Waals surface area contributed by atoms with Crippen molar-refractivity contribution in [3.8, 4) is 0 Å². The van der Waals surface area contributed by atoms with Crippen molar-refractivity contribution in [1.82, 2.24) is 9.71 Å². The molecule has 0 atom stereocenters. The first-order valence-corrected chi connectivity index (χ1v) is 8.24. The molecule has 2 aliphatic carbocycles. The first-order valence-electron chi connectivity index (χ1n) is 6.76. The lowest BCUT2D eigenvalue weighted by atomic mass is 10.1. The van der Waals surface area contributed by atoms with Crippen LogP contribution in [0.1, 0.15) is 25.7 Å². The van der Waals surface area contributed by atoms with Crippen molar-refractivity contribution in [3.05, 3.63) is 18.5 Å². The third-order valence-corrected chi connectivity index (χ3v) is 5.38. The maximum Gasteiger partial charge on any atom is 0.244 e. The van der Waals surface area contributed by atoms with Crippen molar-refractivity contribution in [1.29, 1.82) is 0 Å². The quantitative estimate of drug-likeness (QED) is 0.830. The minimum absolute atomic E-state index is 0.120. The number of pyridine rings is 1. The summed E-state index contributed by atoms with van der Waals surface area (Å²) < 4.78 is 27.9. The molecule has 6 heteroatoms. The lowest BCUT2D eigenvalue weighted by molar-refractivity contribution is 0.471. The van der Waals surface area contributed by atoms with E-state index in [1.165, 1.54) is 6.20 Å². The minimum atomic E-state index is -3.49. The van der Waals surface area contributed by atoms with E-state index in [1.54, 1.807) is 19.3 Å². The van der Waals surface area contributed by atoms with Gasteiger partial charge in [0, 0.05) is 25.5 Å². The fraction of sp³-hybridized carbons (Fsp3) is 0.615. The molecule has 1 aromatic heterocycles. The van der Waals surface area contributed by atoms with Crippen LogP contribution < -0.4 is 10.0 Å². The summed E-state index contributed by atoms with van der Waals surface area (Å²) in [4.78, 5) is 4.17. The number of aromatic nitrogens is 1. The van der Waals surface area contributed by atoms with Crippen molar-refractivity contribution < 1.29 is 8.42 Å². The van der Waals surface area contributed by atoms with Gasteiger partial charge >= 0.3 is 0 Å². The van der Waals surface area contributed by atoms with Crippen LogP contribution in [0.2, 0.25) is 0 Å². The predicted molar refractivity (Wildman–Crippen MR) is 73.3 cm³/mol. The Labute approximate surface area is 113 Å². The van der Waals surface area contributed by atoms with Gasteiger partial charge in [0.2, 0.25) is 10.0 Å². The van der Waals surface area contributed by atoms with E-state index in [0.717, 1.165) is 25.7 Å². The maximum absolute atomic E-state index is 12.5. The SMILES string of the molecule is CNc1ccncc1S(=O)(=O)NC(C1CC1)C1CC1. The Morgan fingerprint density at radius 3 is 2.42 bits per heavy atom. The van der Waals surface area contributed by atoms with Gasteiger partial charge in [0.15, 0.2) is 0 Å². The molecule has 5 nitrogen and oxygen atoms in total. The fourth-order valence-electron chi connectivity index (χ4n) is 2.53. The zero-order valence-corrected chi connectivity index (χ0v) is 11.8. The summed E-state index contributed by atoms with van der Waals surface area (Å²) >= 11 is 0. The van der Waals surface area contributed by atoms with Crippen LogP contribution in [-0.4, -0.2) is 26.5 Å². The van der Waals surface area contributed by atoms with Gasteiger partial charge in [-0.25, -0.2) is 13.1 Å². The second-order valence-electron chi connectivity index (χ2n) is 5.44. The van der Waals surface area contributed by atoms with Gasteiger partial charge in [-0.3, -0.25) is 4.98 Å². The van der Waals surface area contributed by atoms with Gasteiger partial charge in [0.1, 0.15) is 4.90 Å². The Morgan fingerprint density at radius 1 is 1.26 bits per heavy atom. The van der Waals surface area contributed by atoms with Gasteiger partial charge in [0.05, 0.1) is 5.69 Å². The third kappa shape index (κ3) is 2.74. The highest BCUT2D eigenvalue weighted by Gasteiger charge is 2.43. The van der Waals surface area contributed by atoms with Crippen LogP contribution in [0.3, 0.4) is 0 Å². The van der Waals surface area contributed by atoms with Crippen molar-refractivity contribution in [2.75, 3.05) is 12.4 Å². The second kappa shape index (κ2) is 4.76. The molecule has 0 aliphatic heterocycles. The molecule has 0 unspecified atom stereocenters. The zero-order chi connectivity index (χ0) is 13.5.